The molecule has 1 aliphatic rings. The number of rotatable bonds is 4. The second-order valence-electron chi connectivity index (χ2n) is 6.75. The highest BCUT2D eigenvalue weighted by Gasteiger charge is 2.41. The van der Waals surface area contributed by atoms with E-state index in [2.05, 4.69) is 103 Å². The molecule has 0 spiro atoms. The van der Waals surface area contributed by atoms with Crippen molar-refractivity contribution < 1.29 is 17.0 Å². The Morgan fingerprint density at radius 2 is 1.08 bits per heavy atom. The predicted molar refractivity (Wildman–Crippen MR) is 100 cm³/mol. The van der Waals surface area contributed by atoms with Crippen molar-refractivity contribution >= 4 is 5.96 Å². The van der Waals surface area contributed by atoms with E-state index < -0.39 is 0 Å². The fourth-order valence-corrected chi connectivity index (χ4v) is 3.65. The van der Waals surface area contributed by atoms with Crippen LogP contribution in [0.5, 0.6) is 0 Å². The lowest BCUT2D eigenvalue weighted by Crippen LogP contribution is -3.00. The number of halogens is 1. The summed E-state index contributed by atoms with van der Waals surface area (Å²) in [5.41, 5.74) is 2.73. The van der Waals surface area contributed by atoms with Gasteiger partial charge in [0.25, 0.3) is 0 Å². The molecule has 134 valence electrons. The van der Waals surface area contributed by atoms with Crippen molar-refractivity contribution in [2.24, 2.45) is 0 Å². The van der Waals surface area contributed by atoms with Crippen molar-refractivity contribution in [2.45, 2.75) is 25.9 Å². The van der Waals surface area contributed by atoms with Gasteiger partial charge in [-0.25, -0.2) is 0 Å². The van der Waals surface area contributed by atoms with Crippen LogP contribution in [0.25, 0.3) is 0 Å². The molecule has 25 heavy (non-hydrogen) atoms. The number of benzene rings is 2. The summed E-state index contributed by atoms with van der Waals surface area (Å²) in [5.74, 6) is 1.31. The molecular weight excluding hydrogens is 330 g/mol. The number of hydrogen-bond acceptors (Lipinski definition) is 0. The van der Waals surface area contributed by atoms with E-state index >= 15 is 0 Å². The topological polar surface area (TPSA) is 9.49 Å². The monoisotopic (exact) mass is 357 g/mol. The summed E-state index contributed by atoms with van der Waals surface area (Å²) in [4.78, 5) is 5.05. The van der Waals surface area contributed by atoms with Crippen LogP contribution in [0.3, 0.4) is 0 Å². The highest BCUT2D eigenvalue weighted by Crippen LogP contribution is 2.29. The lowest BCUT2D eigenvalue weighted by Gasteiger charge is -2.26. The smallest absolute Gasteiger partial charge is 0.351 e. The van der Waals surface area contributed by atoms with Crippen LogP contribution in [0.15, 0.2) is 60.7 Å². The van der Waals surface area contributed by atoms with Crippen LogP contribution in [-0.4, -0.2) is 47.5 Å². The van der Waals surface area contributed by atoms with E-state index in [0.29, 0.717) is 12.1 Å². The van der Waals surface area contributed by atoms with Crippen LogP contribution in [0.2, 0.25) is 0 Å². The van der Waals surface area contributed by atoms with Gasteiger partial charge in [-0.15, -0.1) is 0 Å². The van der Waals surface area contributed by atoms with Gasteiger partial charge in [-0.1, -0.05) is 60.7 Å². The minimum atomic E-state index is 0. The number of hydrogen-bond donors (Lipinski definition) is 0. The van der Waals surface area contributed by atoms with Gasteiger partial charge in [0.05, 0.1) is 39.3 Å². The standard InChI is InChI=1S/C21H28N3.ClH/c1-17(19-11-7-5-8-12-19)23-15-16-24(21(23)22(3)4)18(2)20-13-9-6-10-14-20;/h5-14,17-18H,15-16H2,1-4H3;1H/q+1;/p-1/t17-,18-;/m0./s1. The molecule has 0 radical (unpaired) electrons. The van der Waals surface area contributed by atoms with Crippen LogP contribution in [0, 0.1) is 0 Å². The summed E-state index contributed by atoms with van der Waals surface area (Å²) in [5, 5.41) is 0. The fourth-order valence-electron chi connectivity index (χ4n) is 3.65. The first-order valence-electron chi connectivity index (χ1n) is 8.77. The molecule has 2 aromatic rings. The number of nitrogens with zero attached hydrogens (tertiary/aromatic N) is 3. The van der Waals surface area contributed by atoms with Crippen molar-refractivity contribution in [2.75, 3.05) is 27.2 Å². The Morgan fingerprint density at radius 1 is 0.720 bits per heavy atom. The molecule has 1 fully saturated rings. The third-order valence-corrected chi connectivity index (χ3v) is 4.99. The normalized spacial score (nSPS) is 16.4. The predicted octanol–water partition coefficient (Wildman–Crippen LogP) is 0.759. The first-order chi connectivity index (χ1) is 11.6. The first-order valence-corrected chi connectivity index (χ1v) is 8.77. The van der Waals surface area contributed by atoms with Gasteiger partial charge in [0.15, 0.2) is 0 Å². The quantitative estimate of drug-likeness (QED) is 0.747. The summed E-state index contributed by atoms with van der Waals surface area (Å²) in [7, 11) is 4.30. The Balaban J connectivity index is 0.00000225. The molecule has 2 atom stereocenters. The van der Waals surface area contributed by atoms with Gasteiger partial charge < -0.3 is 12.4 Å². The van der Waals surface area contributed by atoms with Crippen molar-refractivity contribution in [1.82, 2.24) is 9.80 Å². The Labute approximate surface area is 158 Å². The second kappa shape index (κ2) is 8.39. The average Bonchev–Trinajstić information content (AvgIpc) is 3.07. The summed E-state index contributed by atoms with van der Waals surface area (Å²) >= 11 is 0. The third kappa shape index (κ3) is 3.98. The molecule has 3 rings (SSSR count). The summed E-state index contributed by atoms with van der Waals surface area (Å²) < 4.78 is 2.26. The van der Waals surface area contributed by atoms with Crippen molar-refractivity contribution in [3.63, 3.8) is 0 Å². The fraction of sp³-hybridized carbons (Fsp3) is 0.381. The van der Waals surface area contributed by atoms with Gasteiger partial charge >= 0.3 is 5.96 Å². The van der Waals surface area contributed by atoms with Crippen LogP contribution >= 0.6 is 0 Å². The summed E-state index contributed by atoms with van der Waals surface area (Å²) in [6, 6.07) is 22.3. The summed E-state index contributed by atoms with van der Waals surface area (Å²) in [6.07, 6.45) is 0. The van der Waals surface area contributed by atoms with Crippen LogP contribution in [-0.2, 0) is 0 Å². The van der Waals surface area contributed by atoms with Crippen molar-refractivity contribution in [3.05, 3.63) is 71.8 Å². The Kier molecular flexibility index (Phi) is 6.49. The minimum absolute atomic E-state index is 0. The molecule has 1 saturated heterocycles. The molecule has 0 unspecified atom stereocenters. The Morgan fingerprint density at radius 3 is 1.40 bits per heavy atom. The average molecular weight is 358 g/mol. The Hall–Kier alpha value is -2.00. The maximum Gasteiger partial charge on any atom is 0.351 e. The molecule has 0 aromatic heterocycles. The molecule has 0 N–H and O–H groups in total. The molecule has 1 aliphatic heterocycles. The van der Waals surface area contributed by atoms with Gasteiger partial charge in [0.2, 0.25) is 0 Å². The molecule has 2 aromatic carbocycles. The van der Waals surface area contributed by atoms with Crippen molar-refractivity contribution in [3.8, 4) is 0 Å². The van der Waals surface area contributed by atoms with Crippen LogP contribution in [0.4, 0.5) is 0 Å². The van der Waals surface area contributed by atoms with Gasteiger partial charge in [-0.3, -0.25) is 14.4 Å². The molecule has 0 saturated carbocycles. The molecule has 3 nitrogen and oxygen atoms in total. The molecule has 4 heteroatoms. The lowest BCUT2D eigenvalue weighted by molar-refractivity contribution is -0.475. The van der Waals surface area contributed by atoms with Crippen molar-refractivity contribution in [1.29, 1.82) is 0 Å². The zero-order chi connectivity index (χ0) is 17.1. The van der Waals surface area contributed by atoms with Gasteiger partial charge in [0, 0.05) is 0 Å². The van der Waals surface area contributed by atoms with E-state index in [1.807, 2.05) is 0 Å². The molecule has 0 bridgehead atoms. The number of guanidine groups is 1. The highest BCUT2D eigenvalue weighted by molar-refractivity contribution is 5.78. The van der Waals surface area contributed by atoms with Gasteiger partial charge in [0.1, 0.15) is 0 Å². The van der Waals surface area contributed by atoms with Gasteiger partial charge in [-0.05, 0) is 25.0 Å². The van der Waals surface area contributed by atoms with E-state index in [0.717, 1.165) is 13.1 Å². The van der Waals surface area contributed by atoms with E-state index in [1.165, 1.54) is 17.1 Å². The third-order valence-electron chi connectivity index (χ3n) is 4.99. The van der Waals surface area contributed by atoms with Crippen LogP contribution < -0.4 is 12.4 Å². The minimum Gasteiger partial charge on any atom is -1.00 e. The molecule has 0 amide bonds. The van der Waals surface area contributed by atoms with E-state index in [4.69, 9.17) is 0 Å². The maximum atomic E-state index is 2.52. The van der Waals surface area contributed by atoms with E-state index in [9.17, 15) is 0 Å². The molecular formula is C21H28ClN3. The zero-order valence-electron chi connectivity index (χ0n) is 15.6. The largest absolute Gasteiger partial charge is 1.00 e. The molecule has 0 aliphatic carbocycles. The van der Waals surface area contributed by atoms with E-state index in [1.54, 1.807) is 0 Å². The molecule has 1 heterocycles. The van der Waals surface area contributed by atoms with Gasteiger partial charge in [-0.2, -0.15) is 0 Å². The highest BCUT2D eigenvalue weighted by atomic mass is 35.5. The maximum absolute atomic E-state index is 2.52. The van der Waals surface area contributed by atoms with Crippen LogP contribution in [0.1, 0.15) is 37.1 Å². The Bertz CT molecular complexity index is 640. The second-order valence-corrected chi connectivity index (χ2v) is 6.75. The van der Waals surface area contributed by atoms with E-state index in [-0.39, 0.29) is 12.4 Å². The SMILES string of the molecule is C[C@@H](c1ccccc1)N1CCN([C@@H](C)c2ccccc2)C1=[N+](C)C.[Cl-]. The summed E-state index contributed by atoms with van der Waals surface area (Å²) in [6.45, 7) is 6.71. The first kappa shape index (κ1) is 19.3. The zero-order valence-corrected chi connectivity index (χ0v) is 16.3. The lowest BCUT2D eigenvalue weighted by atomic mass is 10.1.